The molecule has 3 rings (SSSR count). The normalized spacial score (nSPS) is 13.1. The van der Waals surface area contributed by atoms with E-state index in [0.717, 1.165) is 27.6 Å². The fraction of sp³-hybridized carbons (Fsp3) is 0.385. The molecule has 0 spiro atoms. The Morgan fingerprint density at radius 2 is 1.61 bits per heavy atom. The number of aryl methyl sites for hydroxylation is 2. The number of benzene rings is 1. The van der Waals surface area contributed by atoms with Crippen molar-refractivity contribution in [2.75, 3.05) is 0 Å². The highest BCUT2D eigenvalue weighted by Gasteiger charge is 2.28. The van der Waals surface area contributed by atoms with Crippen molar-refractivity contribution in [1.82, 2.24) is 4.98 Å². The third kappa shape index (κ3) is 4.69. The number of hydrogen-bond acceptors (Lipinski definition) is 4. The van der Waals surface area contributed by atoms with Gasteiger partial charge in [-0.3, -0.25) is 0 Å². The smallest absolute Gasteiger partial charge is 0.340 e. The van der Waals surface area contributed by atoms with Crippen molar-refractivity contribution in [2.45, 2.75) is 66.2 Å². The molecule has 0 saturated heterocycles. The molecule has 2 aromatic heterocycles. The summed E-state index contributed by atoms with van der Waals surface area (Å²) < 4.78 is 5.65. The predicted molar refractivity (Wildman–Crippen MR) is 129 cm³/mol. The second kappa shape index (κ2) is 7.83. The predicted octanol–water partition coefficient (Wildman–Crippen LogP) is 7.11. The molecule has 1 N–H and O–H groups in total. The average Bonchev–Trinajstić information content (AvgIpc) is 2.60. The van der Waals surface area contributed by atoms with Gasteiger partial charge in [0.1, 0.15) is 0 Å². The Balaban J connectivity index is 2.22. The highest BCUT2D eigenvalue weighted by molar-refractivity contribution is 6.35. The molecule has 0 radical (unpaired) electrons. The molecule has 0 bridgehead atoms. The molecule has 0 saturated carbocycles. The number of nitrogens with zero attached hydrogens (tertiary/aromatic N) is 1. The zero-order chi connectivity index (χ0) is 23.3. The zero-order valence-electron chi connectivity index (χ0n) is 19.5. The van der Waals surface area contributed by atoms with Crippen LogP contribution in [-0.4, -0.2) is 10.1 Å². The Kier molecular flexibility index (Phi) is 5.83. The molecular weight excluding hydrogens is 410 g/mol. The van der Waals surface area contributed by atoms with Gasteiger partial charge in [0.05, 0.1) is 16.2 Å². The van der Waals surface area contributed by atoms with Crippen LogP contribution in [0.2, 0.25) is 5.02 Å². The van der Waals surface area contributed by atoms with E-state index in [1.807, 2.05) is 73.6 Å². The van der Waals surface area contributed by atoms with E-state index in [1.165, 1.54) is 6.08 Å². The molecule has 31 heavy (non-hydrogen) atoms. The maximum Gasteiger partial charge on any atom is 0.340 e. The number of pyridine rings is 1. The Hall–Kier alpha value is -2.59. The van der Waals surface area contributed by atoms with E-state index in [0.29, 0.717) is 16.3 Å². The minimum absolute atomic E-state index is 0.157. The molecular formula is C26H30ClNO3. The van der Waals surface area contributed by atoms with E-state index in [4.69, 9.17) is 16.0 Å². The van der Waals surface area contributed by atoms with Gasteiger partial charge in [-0.15, -0.1) is 0 Å². The molecule has 4 nitrogen and oxygen atoms in total. The maximum atomic E-state index is 12.7. The third-order valence-corrected chi connectivity index (χ3v) is 5.61. The number of aromatic nitrogens is 1. The summed E-state index contributed by atoms with van der Waals surface area (Å²) in [5.74, 6) is -0.000636. The highest BCUT2D eigenvalue weighted by atomic mass is 35.5. The number of rotatable bonds is 2. The lowest BCUT2D eigenvalue weighted by molar-refractivity contribution is 0.402. The molecule has 0 aliphatic carbocycles. The molecule has 2 heterocycles. The summed E-state index contributed by atoms with van der Waals surface area (Å²) in [6.45, 7) is 15.9. The first-order valence-electron chi connectivity index (χ1n) is 10.4. The Morgan fingerprint density at radius 1 is 1.00 bits per heavy atom. The first-order chi connectivity index (χ1) is 14.2. The summed E-state index contributed by atoms with van der Waals surface area (Å²) in [5.41, 5.74) is 3.53. The van der Waals surface area contributed by atoms with E-state index in [2.05, 4.69) is 4.98 Å². The highest BCUT2D eigenvalue weighted by Crippen LogP contribution is 2.33. The van der Waals surface area contributed by atoms with E-state index >= 15 is 0 Å². The maximum absolute atomic E-state index is 12.7. The summed E-state index contributed by atoms with van der Waals surface area (Å²) in [7, 11) is 0. The molecule has 0 aliphatic heterocycles. The van der Waals surface area contributed by atoms with Crippen LogP contribution < -0.4 is 5.63 Å². The second-order valence-electron chi connectivity index (χ2n) is 10.2. The molecule has 0 fully saturated rings. The topological polar surface area (TPSA) is 63.3 Å². The molecule has 0 atom stereocenters. The van der Waals surface area contributed by atoms with Crippen LogP contribution in [-0.2, 0) is 10.8 Å². The van der Waals surface area contributed by atoms with Crippen LogP contribution in [0.3, 0.4) is 0 Å². The number of fused-ring (bicyclic) bond motifs is 1. The van der Waals surface area contributed by atoms with Gasteiger partial charge in [-0.2, -0.15) is 0 Å². The standard InChI is InChI=1S/C26H30ClNO3/c1-14-9-15(2)22-17(10-14)20(27)11-16(28-22)12-21(29)23-18(25(3,4)5)13-19(24(30)31-23)26(6,7)8/h9-13,29H,1-8H3/b21-12-. The fourth-order valence-electron chi connectivity index (χ4n) is 3.68. The van der Waals surface area contributed by atoms with E-state index < -0.39 is 5.63 Å². The van der Waals surface area contributed by atoms with Gasteiger partial charge >= 0.3 is 5.63 Å². The van der Waals surface area contributed by atoms with Gasteiger partial charge < -0.3 is 9.52 Å². The molecule has 1 aromatic carbocycles. The van der Waals surface area contributed by atoms with E-state index in [1.54, 1.807) is 6.07 Å². The molecule has 0 aliphatic rings. The van der Waals surface area contributed by atoms with Crippen molar-refractivity contribution in [2.24, 2.45) is 0 Å². The quantitative estimate of drug-likeness (QED) is 0.432. The van der Waals surface area contributed by atoms with Gasteiger partial charge in [0, 0.05) is 22.6 Å². The SMILES string of the molecule is Cc1cc(C)c2nc(/C=C(\O)c3oc(=O)c(C(C)(C)C)cc3C(C)(C)C)cc(Cl)c2c1. The van der Waals surface area contributed by atoms with Crippen molar-refractivity contribution >= 4 is 34.3 Å². The second-order valence-corrected chi connectivity index (χ2v) is 10.6. The molecule has 0 unspecified atom stereocenters. The van der Waals surface area contributed by atoms with Gasteiger partial charge in [0.15, 0.2) is 11.5 Å². The molecule has 164 valence electrons. The largest absolute Gasteiger partial charge is 0.504 e. The van der Waals surface area contributed by atoms with Gasteiger partial charge in [-0.05, 0) is 48.4 Å². The van der Waals surface area contributed by atoms with Crippen molar-refractivity contribution < 1.29 is 9.52 Å². The van der Waals surface area contributed by atoms with Crippen molar-refractivity contribution in [3.8, 4) is 0 Å². The number of aliphatic hydroxyl groups is 1. The summed E-state index contributed by atoms with van der Waals surface area (Å²) in [6.07, 6.45) is 1.49. The Bertz CT molecular complexity index is 1250. The summed E-state index contributed by atoms with van der Waals surface area (Å²) in [5, 5.41) is 12.4. The van der Waals surface area contributed by atoms with Crippen LogP contribution in [0.1, 0.15) is 75.3 Å². The van der Waals surface area contributed by atoms with Crippen LogP contribution in [0.4, 0.5) is 0 Å². The lowest BCUT2D eigenvalue weighted by Gasteiger charge is -2.25. The van der Waals surface area contributed by atoms with Crippen LogP contribution in [0.25, 0.3) is 22.7 Å². The summed E-state index contributed by atoms with van der Waals surface area (Å²) >= 11 is 6.51. The summed E-state index contributed by atoms with van der Waals surface area (Å²) in [6, 6.07) is 7.59. The number of halogens is 1. The minimum atomic E-state index is -0.453. The first-order valence-corrected chi connectivity index (χ1v) is 10.7. The fourth-order valence-corrected chi connectivity index (χ4v) is 3.94. The van der Waals surface area contributed by atoms with Crippen molar-refractivity contribution in [1.29, 1.82) is 0 Å². The van der Waals surface area contributed by atoms with Crippen LogP contribution in [0, 0.1) is 13.8 Å². The lowest BCUT2D eigenvalue weighted by Crippen LogP contribution is -2.26. The van der Waals surface area contributed by atoms with Gasteiger partial charge in [0.2, 0.25) is 0 Å². The van der Waals surface area contributed by atoms with Gasteiger partial charge in [-0.25, -0.2) is 9.78 Å². The van der Waals surface area contributed by atoms with Crippen molar-refractivity contribution in [3.05, 3.63) is 73.4 Å². The molecule has 3 aromatic rings. The van der Waals surface area contributed by atoms with Crippen molar-refractivity contribution in [3.63, 3.8) is 0 Å². The van der Waals surface area contributed by atoms with E-state index in [9.17, 15) is 9.90 Å². The first kappa shape index (κ1) is 23.1. The lowest BCUT2D eigenvalue weighted by atomic mass is 9.81. The Morgan fingerprint density at radius 3 is 2.19 bits per heavy atom. The number of hydrogen-bond donors (Lipinski definition) is 1. The molecule has 5 heteroatoms. The Labute approximate surface area is 188 Å². The third-order valence-electron chi connectivity index (χ3n) is 5.30. The summed E-state index contributed by atoms with van der Waals surface area (Å²) in [4.78, 5) is 17.4. The minimum Gasteiger partial charge on any atom is -0.504 e. The van der Waals surface area contributed by atoms with Crippen LogP contribution >= 0.6 is 11.6 Å². The van der Waals surface area contributed by atoms with Gasteiger partial charge in [-0.1, -0.05) is 64.8 Å². The zero-order valence-corrected chi connectivity index (χ0v) is 20.2. The molecule has 0 amide bonds. The van der Waals surface area contributed by atoms with Crippen LogP contribution in [0.5, 0.6) is 0 Å². The van der Waals surface area contributed by atoms with Gasteiger partial charge in [0.25, 0.3) is 0 Å². The monoisotopic (exact) mass is 439 g/mol. The average molecular weight is 440 g/mol. The number of aliphatic hydroxyl groups excluding tert-OH is 1. The van der Waals surface area contributed by atoms with E-state index in [-0.39, 0.29) is 22.3 Å². The van der Waals surface area contributed by atoms with Crippen LogP contribution in [0.15, 0.2) is 33.5 Å².